The highest BCUT2D eigenvalue weighted by atomic mass is 16.2. The molecule has 4 N–H and O–H groups in total. The summed E-state index contributed by atoms with van der Waals surface area (Å²) in [6.07, 6.45) is 3.72. The molecule has 7 heteroatoms. The van der Waals surface area contributed by atoms with Gasteiger partial charge in [-0.3, -0.25) is 9.78 Å². The van der Waals surface area contributed by atoms with Crippen molar-refractivity contribution >= 4 is 22.6 Å². The molecule has 7 nitrogen and oxygen atoms in total. The average molecular weight is 425 g/mol. The van der Waals surface area contributed by atoms with E-state index in [1.54, 1.807) is 6.20 Å². The molecule has 0 bridgehead atoms. The van der Waals surface area contributed by atoms with Crippen LogP contribution in [0.15, 0.2) is 66.9 Å². The van der Waals surface area contributed by atoms with E-state index >= 15 is 0 Å². The lowest BCUT2D eigenvalue weighted by molar-refractivity contribution is 0.0926. The van der Waals surface area contributed by atoms with E-state index in [0.29, 0.717) is 11.4 Å². The lowest BCUT2D eigenvalue weighted by atomic mass is 10.0. The molecule has 0 spiro atoms. The van der Waals surface area contributed by atoms with E-state index in [9.17, 15) is 4.79 Å². The fourth-order valence-corrected chi connectivity index (χ4v) is 4.07. The number of nitrogens with zero attached hydrogens (tertiary/aromatic N) is 3. The molecule has 0 radical (unpaired) electrons. The fourth-order valence-electron chi connectivity index (χ4n) is 4.07. The topological polar surface area (TPSA) is 106 Å². The predicted octanol–water partition coefficient (Wildman–Crippen LogP) is 3.42. The average Bonchev–Trinajstić information content (AvgIpc) is 2.84. The Morgan fingerprint density at radius 2 is 1.84 bits per heavy atom. The molecule has 5 rings (SSSR count). The molecule has 1 atom stereocenters. The van der Waals surface area contributed by atoms with Gasteiger partial charge in [0.25, 0.3) is 5.91 Å². The fraction of sp³-hybridized carbons (Fsp3) is 0.200. The summed E-state index contributed by atoms with van der Waals surface area (Å²) in [5.41, 5.74) is 10.3. The number of aromatic nitrogens is 3. The molecule has 2 aromatic heterocycles. The van der Waals surface area contributed by atoms with Crippen LogP contribution in [0.2, 0.25) is 0 Å². The summed E-state index contributed by atoms with van der Waals surface area (Å²) in [7, 11) is 0. The van der Waals surface area contributed by atoms with Gasteiger partial charge in [0.15, 0.2) is 11.5 Å². The molecule has 160 valence electrons. The van der Waals surface area contributed by atoms with Crippen LogP contribution in [0.25, 0.3) is 33.4 Å². The molecule has 0 saturated carbocycles. The summed E-state index contributed by atoms with van der Waals surface area (Å²) in [4.78, 5) is 26.8. The van der Waals surface area contributed by atoms with Crippen molar-refractivity contribution in [2.75, 3.05) is 18.8 Å². The van der Waals surface area contributed by atoms with Gasteiger partial charge in [0.1, 0.15) is 0 Å². The van der Waals surface area contributed by atoms with Gasteiger partial charge >= 0.3 is 0 Å². The summed E-state index contributed by atoms with van der Waals surface area (Å²) in [5.74, 6) is -0.177. The minimum Gasteiger partial charge on any atom is -0.382 e. The Morgan fingerprint density at radius 1 is 1.00 bits per heavy atom. The number of benzene rings is 2. The van der Waals surface area contributed by atoms with Crippen LogP contribution >= 0.6 is 0 Å². The van der Waals surface area contributed by atoms with Crippen molar-refractivity contribution in [3.05, 3.63) is 72.6 Å². The van der Waals surface area contributed by atoms with Gasteiger partial charge < -0.3 is 16.4 Å². The molecule has 1 amide bonds. The third-order valence-electron chi connectivity index (χ3n) is 5.69. The van der Waals surface area contributed by atoms with Crippen LogP contribution in [0.4, 0.5) is 5.82 Å². The molecule has 1 saturated heterocycles. The Bertz CT molecular complexity index is 1270. The van der Waals surface area contributed by atoms with E-state index in [2.05, 4.69) is 20.6 Å². The van der Waals surface area contributed by atoms with E-state index < -0.39 is 0 Å². The van der Waals surface area contributed by atoms with Gasteiger partial charge in [-0.25, -0.2) is 9.97 Å². The first kappa shape index (κ1) is 20.1. The van der Waals surface area contributed by atoms with Crippen LogP contribution < -0.4 is 16.4 Å². The Balaban J connectivity index is 1.61. The number of carbonyl (C=O) groups is 1. The summed E-state index contributed by atoms with van der Waals surface area (Å²) in [6, 6.07) is 19.6. The van der Waals surface area contributed by atoms with Gasteiger partial charge in [-0.1, -0.05) is 42.5 Å². The highest BCUT2D eigenvalue weighted by Gasteiger charge is 2.23. The summed E-state index contributed by atoms with van der Waals surface area (Å²) in [6.45, 7) is 1.72. The number of amides is 1. The standard InChI is InChI=1S/C25H24N6O/c26-24-23(25(32)29-19-9-5-12-27-15-19)30-22(21(31-24)16-6-2-1-3-7-16)18-10-11-20-17(14-18)8-4-13-28-20/h1-4,6-8,10-11,13-14,19,27H,5,9,12,15H2,(H2,26,31)(H,29,32). The quantitative estimate of drug-likeness (QED) is 0.464. The van der Waals surface area contributed by atoms with Crippen LogP contribution in [-0.4, -0.2) is 40.0 Å². The van der Waals surface area contributed by atoms with Crippen molar-refractivity contribution in [1.82, 2.24) is 25.6 Å². The van der Waals surface area contributed by atoms with Crippen molar-refractivity contribution < 1.29 is 4.79 Å². The van der Waals surface area contributed by atoms with Crippen LogP contribution in [0.5, 0.6) is 0 Å². The minimum atomic E-state index is -0.299. The lowest BCUT2D eigenvalue weighted by Gasteiger charge is -2.24. The predicted molar refractivity (Wildman–Crippen MR) is 126 cm³/mol. The van der Waals surface area contributed by atoms with Crippen LogP contribution in [0.3, 0.4) is 0 Å². The van der Waals surface area contributed by atoms with Crippen molar-refractivity contribution in [2.24, 2.45) is 0 Å². The highest BCUT2D eigenvalue weighted by Crippen LogP contribution is 2.32. The zero-order valence-corrected chi connectivity index (χ0v) is 17.6. The molecule has 32 heavy (non-hydrogen) atoms. The Morgan fingerprint density at radius 3 is 2.66 bits per heavy atom. The number of pyridine rings is 1. The third-order valence-corrected chi connectivity index (χ3v) is 5.69. The molecule has 1 aliphatic rings. The lowest BCUT2D eigenvalue weighted by Crippen LogP contribution is -2.46. The first-order chi connectivity index (χ1) is 15.7. The Hall–Kier alpha value is -3.84. The number of piperidine rings is 1. The zero-order chi connectivity index (χ0) is 21.9. The van der Waals surface area contributed by atoms with Crippen molar-refractivity contribution in [1.29, 1.82) is 0 Å². The number of nitrogens with one attached hydrogen (secondary N) is 2. The van der Waals surface area contributed by atoms with Gasteiger partial charge in [-0.15, -0.1) is 0 Å². The number of nitrogens with two attached hydrogens (primary N) is 1. The molecule has 3 heterocycles. The summed E-state index contributed by atoms with van der Waals surface area (Å²) in [5, 5.41) is 7.34. The number of nitrogen functional groups attached to an aromatic ring is 1. The van der Waals surface area contributed by atoms with Gasteiger partial charge in [0, 0.05) is 35.3 Å². The number of hydrogen-bond donors (Lipinski definition) is 3. The monoisotopic (exact) mass is 424 g/mol. The summed E-state index contributed by atoms with van der Waals surface area (Å²) < 4.78 is 0. The van der Waals surface area contributed by atoms with Crippen LogP contribution in [0, 0.1) is 0 Å². The summed E-state index contributed by atoms with van der Waals surface area (Å²) >= 11 is 0. The zero-order valence-electron chi connectivity index (χ0n) is 17.6. The van der Waals surface area contributed by atoms with Crippen molar-refractivity contribution in [2.45, 2.75) is 18.9 Å². The molecule has 1 fully saturated rings. The molecular formula is C25H24N6O. The first-order valence-electron chi connectivity index (χ1n) is 10.8. The maximum absolute atomic E-state index is 13.0. The molecule has 2 aromatic carbocycles. The Kier molecular flexibility index (Phi) is 5.47. The Labute approximate surface area is 186 Å². The number of fused-ring (bicyclic) bond motifs is 1. The second-order valence-electron chi connectivity index (χ2n) is 7.95. The highest BCUT2D eigenvalue weighted by molar-refractivity contribution is 5.98. The maximum atomic E-state index is 13.0. The molecular weight excluding hydrogens is 400 g/mol. The van der Waals surface area contributed by atoms with E-state index in [1.165, 1.54) is 0 Å². The number of anilines is 1. The smallest absolute Gasteiger partial charge is 0.274 e. The largest absolute Gasteiger partial charge is 0.382 e. The van der Waals surface area contributed by atoms with Gasteiger partial charge in [0.2, 0.25) is 0 Å². The number of carbonyl (C=O) groups excluding carboxylic acids is 1. The van der Waals surface area contributed by atoms with Crippen molar-refractivity contribution in [3.8, 4) is 22.5 Å². The second-order valence-corrected chi connectivity index (χ2v) is 7.95. The van der Waals surface area contributed by atoms with Crippen molar-refractivity contribution in [3.63, 3.8) is 0 Å². The van der Waals surface area contributed by atoms with Gasteiger partial charge in [-0.2, -0.15) is 0 Å². The maximum Gasteiger partial charge on any atom is 0.274 e. The molecule has 4 aromatic rings. The normalized spacial score (nSPS) is 16.1. The van der Waals surface area contributed by atoms with E-state index in [4.69, 9.17) is 10.7 Å². The van der Waals surface area contributed by atoms with Gasteiger partial charge in [-0.05, 0) is 37.6 Å². The molecule has 1 aliphatic heterocycles. The van der Waals surface area contributed by atoms with Crippen LogP contribution in [0.1, 0.15) is 23.3 Å². The number of hydrogen-bond acceptors (Lipinski definition) is 6. The third kappa shape index (κ3) is 4.02. The first-order valence-corrected chi connectivity index (χ1v) is 10.8. The van der Waals surface area contributed by atoms with E-state index in [1.807, 2.05) is 60.7 Å². The van der Waals surface area contributed by atoms with Gasteiger partial charge in [0.05, 0.1) is 16.9 Å². The van der Waals surface area contributed by atoms with Crippen LogP contribution in [-0.2, 0) is 0 Å². The van der Waals surface area contributed by atoms with E-state index in [-0.39, 0.29) is 23.5 Å². The molecule has 1 unspecified atom stereocenters. The minimum absolute atomic E-state index is 0.0569. The molecule has 0 aliphatic carbocycles. The van der Waals surface area contributed by atoms with E-state index in [0.717, 1.165) is 48.0 Å². The second kappa shape index (κ2) is 8.72. The SMILES string of the molecule is Nc1nc(-c2ccccc2)c(-c2ccc3ncccc3c2)nc1C(=O)NC1CCCNC1. The number of rotatable bonds is 4.